The van der Waals surface area contributed by atoms with Crippen molar-refractivity contribution in [3.63, 3.8) is 0 Å². The van der Waals surface area contributed by atoms with E-state index in [1.165, 1.54) is 0 Å². The van der Waals surface area contributed by atoms with Crippen LogP contribution in [0.3, 0.4) is 0 Å². The van der Waals surface area contributed by atoms with Gasteiger partial charge in [-0.05, 0) is 29.7 Å². The number of fused-ring (bicyclic) bond motifs is 1. The molecular weight excluding hydrogens is 176 g/mol. The van der Waals surface area contributed by atoms with Gasteiger partial charge in [0.2, 0.25) is 0 Å². The van der Waals surface area contributed by atoms with Crippen LogP contribution in [-0.2, 0) is 11.2 Å². The molecular formula is C9H7ClO2. The largest absolute Gasteiger partial charge is 0.481 e. The highest BCUT2D eigenvalue weighted by molar-refractivity contribution is 6.30. The Morgan fingerprint density at radius 2 is 2.33 bits per heavy atom. The first-order chi connectivity index (χ1) is 5.68. The predicted molar refractivity (Wildman–Crippen MR) is 45.5 cm³/mol. The van der Waals surface area contributed by atoms with Crippen LogP contribution >= 0.6 is 11.6 Å². The standard InChI is InChI=1S/C9H7ClO2/c10-6-2-1-5-3-8(9(11)12)7(5)4-6/h1-2,4,8H,3H2,(H,11,12)/t8-/m1/s1. The highest BCUT2D eigenvalue weighted by Gasteiger charge is 2.31. The molecule has 1 N–H and O–H groups in total. The zero-order valence-corrected chi connectivity index (χ0v) is 7.01. The molecule has 0 radical (unpaired) electrons. The van der Waals surface area contributed by atoms with Crippen molar-refractivity contribution >= 4 is 17.6 Å². The molecule has 1 aliphatic rings. The van der Waals surface area contributed by atoms with Gasteiger partial charge >= 0.3 is 5.97 Å². The minimum Gasteiger partial charge on any atom is -0.481 e. The van der Waals surface area contributed by atoms with E-state index in [0.717, 1.165) is 11.1 Å². The van der Waals surface area contributed by atoms with Crippen LogP contribution in [0.2, 0.25) is 5.02 Å². The normalized spacial score (nSPS) is 19.6. The molecule has 0 aliphatic heterocycles. The molecule has 1 aromatic rings. The molecule has 0 unspecified atom stereocenters. The highest BCUT2D eigenvalue weighted by Crippen LogP contribution is 2.36. The van der Waals surface area contributed by atoms with E-state index in [1.807, 2.05) is 6.07 Å². The molecule has 0 fully saturated rings. The summed E-state index contributed by atoms with van der Waals surface area (Å²) in [6, 6.07) is 5.41. The zero-order chi connectivity index (χ0) is 8.72. The molecule has 0 bridgehead atoms. The summed E-state index contributed by atoms with van der Waals surface area (Å²) >= 11 is 5.73. The molecule has 0 aromatic heterocycles. The van der Waals surface area contributed by atoms with Gasteiger partial charge in [0.1, 0.15) is 0 Å². The van der Waals surface area contributed by atoms with Gasteiger partial charge in [-0.15, -0.1) is 0 Å². The van der Waals surface area contributed by atoms with Crippen LogP contribution in [0.25, 0.3) is 0 Å². The molecule has 1 atom stereocenters. The lowest BCUT2D eigenvalue weighted by Crippen LogP contribution is -2.24. The molecule has 0 saturated heterocycles. The fourth-order valence-electron chi connectivity index (χ4n) is 1.50. The second kappa shape index (κ2) is 2.49. The molecule has 0 amide bonds. The average molecular weight is 183 g/mol. The van der Waals surface area contributed by atoms with E-state index >= 15 is 0 Å². The Morgan fingerprint density at radius 3 is 3.00 bits per heavy atom. The topological polar surface area (TPSA) is 37.3 Å². The van der Waals surface area contributed by atoms with Gasteiger partial charge in [-0.2, -0.15) is 0 Å². The Kier molecular flexibility index (Phi) is 1.58. The number of carbonyl (C=O) groups is 1. The Balaban J connectivity index is 2.39. The molecule has 1 aromatic carbocycles. The van der Waals surface area contributed by atoms with E-state index in [1.54, 1.807) is 12.1 Å². The summed E-state index contributed by atoms with van der Waals surface area (Å²) in [5.41, 5.74) is 1.97. The average Bonchev–Trinajstić information content (AvgIpc) is 1.95. The van der Waals surface area contributed by atoms with Gasteiger partial charge in [-0.3, -0.25) is 4.79 Å². The first-order valence-electron chi connectivity index (χ1n) is 3.69. The van der Waals surface area contributed by atoms with Crippen LogP contribution in [0.1, 0.15) is 17.0 Å². The number of hydrogen-bond donors (Lipinski definition) is 1. The van der Waals surface area contributed by atoms with E-state index in [-0.39, 0.29) is 5.92 Å². The minimum atomic E-state index is -0.759. The van der Waals surface area contributed by atoms with Crippen molar-refractivity contribution in [3.05, 3.63) is 34.3 Å². The molecule has 0 spiro atoms. The van der Waals surface area contributed by atoms with E-state index < -0.39 is 5.97 Å². The summed E-state index contributed by atoms with van der Waals surface area (Å²) in [6.07, 6.45) is 0.641. The Hall–Kier alpha value is -1.02. The smallest absolute Gasteiger partial charge is 0.311 e. The molecule has 0 heterocycles. The van der Waals surface area contributed by atoms with Crippen molar-refractivity contribution in [2.75, 3.05) is 0 Å². The summed E-state index contributed by atoms with van der Waals surface area (Å²) in [4.78, 5) is 10.6. The van der Waals surface area contributed by atoms with E-state index in [0.29, 0.717) is 11.4 Å². The maximum absolute atomic E-state index is 10.6. The Labute approximate surface area is 74.8 Å². The van der Waals surface area contributed by atoms with Gasteiger partial charge in [-0.25, -0.2) is 0 Å². The summed E-state index contributed by atoms with van der Waals surface area (Å²) in [7, 11) is 0. The maximum Gasteiger partial charge on any atom is 0.311 e. The summed E-state index contributed by atoms with van der Waals surface area (Å²) in [6.45, 7) is 0. The predicted octanol–water partition coefficient (Wildman–Crippen LogP) is 2.06. The lowest BCUT2D eigenvalue weighted by atomic mass is 9.78. The van der Waals surface area contributed by atoms with Crippen LogP contribution < -0.4 is 0 Å². The number of carboxylic acid groups (broad SMARTS) is 1. The van der Waals surface area contributed by atoms with E-state index in [2.05, 4.69) is 0 Å². The third-order valence-corrected chi connectivity index (χ3v) is 2.44. The quantitative estimate of drug-likeness (QED) is 0.722. The molecule has 3 heteroatoms. The lowest BCUT2D eigenvalue weighted by Gasteiger charge is -2.26. The molecule has 2 nitrogen and oxygen atoms in total. The van der Waals surface area contributed by atoms with Gasteiger partial charge in [0.15, 0.2) is 0 Å². The Bertz CT molecular complexity index is 346. The summed E-state index contributed by atoms with van der Waals surface area (Å²) in [5, 5.41) is 9.34. The summed E-state index contributed by atoms with van der Waals surface area (Å²) < 4.78 is 0. The fraction of sp³-hybridized carbons (Fsp3) is 0.222. The van der Waals surface area contributed by atoms with Crippen LogP contribution in [-0.4, -0.2) is 11.1 Å². The highest BCUT2D eigenvalue weighted by atomic mass is 35.5. The van der Waals surface area contributed by atoms with Gasteiger partial charge in [-0.1, -0.05) is 17.7 Å². The van der Waals surface area contributed by atoms with E-state index in [9.17, 15) is 4.79 Å². The molecule has 12 heavy (non-hydrogen) atoms. The van der Waals surface area contributed by atoms with Crippen molar-refractivity contribution in [2.45, 2.75) is 12.3 Å². The molecule has 0 saturated carbocycles. The van der Waals surface area contributed by atoms with Crippen molar-refractivity contribution in [2.24, 2.45) is 0 Å². The maximum atomic E-state index is 10.6. The molecule has 1 aliphatic carbocycles. The van der Waals surface area contributed by atoms with E-state index in [4.69, 9.17) is 16.7 Å². The number of hydrogen-bond acceptors (Lipinski definition) is 1. The number of carboxylic acids is 1. The minimum absolute atomic E-state index is 0.335. The molecule has 62 valence electrons. The van der Waals surface area contributed by atoms with Crippen LogP contribution in [0.15, 0.2) is 18.2 Å². The monoisotopic (exact) mass is 182 g/mol. The zero-order valence-electron chi connectivity index (χ0n) is 6.25. The third-order valence-electron chi connectivity index (χ3n) is 2.21. The van der Waals surface area contributed by atoms with Crippen molar-refractivity contribution in [3.8, 4) is 0 Å². The second-order valence-electron chi connectivity index (χ2n) is 2.94. The van der Waals surface area contributed by atoms with Crippen LogP contribution in [0.4, 0.5) is 0 Å². The van der Waals surface area contributed by atoms with Crippen LogP contribution in [0, 0.1) is 0 Å². The van der Waals surface area contributed by atoms with Gasteiger partial charge in [0, 0.05) is 5.02 Å². The van der Waals surface area contributed by atoms with Crippen molar-refractivity contribution in [1.29, 1.82) is 0 Å². The SMILES string of the molecule is O=C(O)[C@@H]1Cc2ccc(Cl)cc21. The first-order valence-corrected chi connectivity index (χ1v) is 4.07. The van der Waals surface area contributed by atoms with Gasteiger partial charge < -0.3 is 5.11 Å². The number of halogens is 1. The number of benzene rings is 1. The molecule has 2 rings (SSSR count). The van der Waals surface area contributed by atoms with Gasteiger partial charge in [0.05, 0.1) is 5.92 Å². The second-order valence-corrected chi connectivity index (χ2v) is 3.37. The van der Waals surface area contributed by atoms with Crippen molar-refractivity contribution < 1.29 is 9.90 Å². The third kappa shape index (κ3) is 0.994. The van der Waals surface area contributed by atoms with Crippen molar-refractivity contribution in [1.82, 2.24) is 0 Å². The number of aliphatic carboxylic acids is 1. The lowest BCUT2D eigenvalue weighted by molar-refractivity contribution is -0.139. The fourth-order valence-corrected chi connectivity index (χ4v) is 1.68. The van der Waals surface area contributed by atoms with Crippen LogP contribution in [0.5, 0.6) is 0 Å². The Morgan fingerprint density at radius 1 is 1.58 bits per heavy atom. The first kappa shape index (κ1) is 7.62. The number of rotatable bonds is 1. The van der Waals surface area contributed by atoms with Gasteiger partial charge in [0.25, 0.3) is 0 Å². The summed E-state index contributed by atoms with van der Waals surface area (Å²) in [5.74, 6) is -1.09.